The molecule has 136 valence electrons. The molecule has 0 aliphatic carbocycles. The number of nitrogen functional groups attached to an aromatic ring is 1. The van der Waals surface area contributed by atoms with Crippen molar-refractivity contribution in [2.24, 2.45) is 4.99 Å². The smallest absolute Gasteiger partial charge is 0.220 e. The number of nitriles is 1. The number of benzene rings is 2. The molecule has 1 atom stereocenters. The van der Waals surface area contributed by atoms with E-state index in [2.05, 4.69) is 15.0 Å². The summed E-state index contributed by atoms with van der Waals surface area (Å²) in [6.07, 6.45) is 6.20. The van der Waals surface area contributed by atoms with Gasteiger partial charge in [-0.1, -0.05) is 36.4 Å². The predicted octanol–water partition coefficient (Wildman–Crippen LogP) is 3.82. The van der Waals surface area contributed by atoms with Crippen LogP contribution < -0.4 is 5.73 Å². The van der Waals surface area contributed by atoms with Crippen molar-refractivity contribution in [2.45, 2.75) is 12.0 Å². The molecular formula is C22H16FN5. The molecular weight excluding hydrogens is 353 g/mol. The Balaban J connectivity index is 1.79. The first-order valence-corrected chi connectivity index (χ1v) is 8.72. The number of aliphatic imine (C=N–C) groups is 1. The van der Waals surface area contributed by atoms with Crippen LogP contribution in [-0.2, 0) is 12.0 Å². The Morgan fingerprint density at radius 3 is 2.57 bits per heavy atom. The van der Waals surface area contributed by atoms with Gasteiger partial charge in [-0.2, -0.15) is 5.26 Å². The molecule has 0 saturated carbocycles. The van der Waals surface area contributed by atoms with E-state index in [4.69, 9.17) is 11.0 Å². The van der Waals surface area contributed by atoms with Crippen molar-refractivity contribution in [3.05, 3.63) is 89.4 Å². The summed E-state index contributed by atoms with van der Waals surface area (Å²) < 4.78 is 14.1. The summed E-state index contributed by atoms with van der Waals surface area (Å²) in [5, 5.41) is 8.93. The number of halogens is 1. The second-order valence-electron chi connectivity index (χ2n) is 6.53. The molecule has 28 heavy (non-hydrogen) atoms. The number of rotatable bonds is 4. The summed E-state index contributed by atoms with van der Waals surface area (Å²) in [6, 6.07) is 17.9. The average molecular weight is 369 g/mol. The van der Waals surface area contributed by atoms with E-state index in [9.17, 15) is 4.39 Å². The molecule has 2 heterocycles. The topological polar surface area (TPSA) is 88.0 Å². The van der Waals surface area contributed by atoms with Crippen LogP contribution in [0.2, 0.25) is 0 Å². The Kier molecular flexibility index (Phi) is 4.42. The van der Waals surface area contributed by atoms with Gasteiger partial charge in [0.15, 0.2) is 0 Å². The van der Waals surface area contributed by atoms with Crippen molar-refractivity contribution < 1.29 is 4.39 Å². The molecule has 0 amide bonds. The van der Waals surface area contributed by atoms with Gasteiger partial charge in [0.2, 0.25) is 5.95 Å². The number of hydrogen-bond donors (Lipinski definition) is 1. The largest absolute Gasteiger partial charge is 0.368 e. The van der Waals surface area contributed by atoms with Crippen molar-refractivity contribution in [2.75, 3.05) is 5.73 Å². The Morgan fingerprint density at radius 1 is 1.07 bits per heavy atom. The van der Waals surface area contributed by atoms with Crippen LogP contribution in [0.15, 0.2) is 71.7 Å². The molecule has 1 aliphatic heterocycles. The molecule has 1 aliphatic rings. The van der Waals surface area contributed by atoms with Crippen LogP contribution in [0.3, 0.4) is 0 Å². The summed E-state index contributed by atoms with van der Waals surface area (Å²) in [4.78, 5) is 13.3. The van der Waals surface area contributed by atoms with E-state index in [0.29, 0.717) is 23.4 Å². The first-order valence-electron chi connectivity index (χ1n) is 8.72. The van der Waals surface area contributed by atoms with Crippen LogP contribution in [0.5, 0.6) is 0 Å². The minimum Gasteiger partial charge on any atom is -0.368 e. The van der Waals surface area contributed by atoms with Gasteiger partial charge in [0.25, 0.3) is 0 Å². The van der Waals surface area contributed by atoms with Crippen molar-refractivity contribution in [3.63, 3.8) is 0 Å². The number of anilines is 1. The Bertz CT molecular complexity index is 1120. The minimum atomic E-state index is -0.696. The Labute approximate surface area is 161 Å². The molecule has 1 aromatic heterocycles. The molecule has 1 unspecified atom stereocenters. The maximum atomic E-state index is 14.1. The molecule has 0 fully saturated rings. The van der Waals surface area contributed by atoms with Crippen LogP contribution in [0.4, 0.5) is 10.3 Å². The molecule has 0 saturated heterocycles. The van der Waals surface area contributed by atoms with Gasteiger partial charge in [-0.15, -0.1) is 0 Å². The van der Waals surface area contributed by atoms with Crippen molar-refractivity contribution in [1.29, 1.82) is 5.26 Å². The van der Waals surface area contributed by atoms with E-state index in [1.54, 1.807) is 18.3 Å². The second-order valence-corrected chi connectivity index (χ2v) is 6.53. The molecule has 3 aromatic rings. The molecule has 2 N–H and O–H groups in total. The second kappa shape index (κ2) is 7.05. The Morgan fingerprint density at radius 2 is 1.89 bits per heavy atom. The van der Waals surface area contributed by atoms with Crippen LogP contribution in [0.25, 0.3) is 11.3 Å². The summed E-state index contributed by atoms with van der Waals surface area (Å²) in [5.74, 6) is -0.517. The van der Waals surface area contributed by atoms with Gasteiger partial charge in [-0.05, 0) is 35.9 Å². The fourth-order valence-electron chi connectivity index (χ4n) is 3.28. The van der Waals surface area contributed by atoms with Gasteiger partial charge in [0, 0.05) is 18.2 Å². The van der Waals surface area contributed by atoms with Gasteiger partial charge < -0.3 is 5.73 Å². The molecule has 2 aromatic carbocycles. The highest BCUT2D eigenvalue weighted by Gasteiger charge is 2.33. The third-order valence-corrected chi connectivity index (χ3v) is 4.65. The zero-order valence-electron chi connectivity index (χ0n) is 14.9. The van der Waals surface area contributed by atoms with Gasteiger partial charge >= 0.3 is 0 Å². The third-order valence-electron chi connectivity index (χ3n) is 4.65. The first kappa shape index (κ1) is 17.6. The van der Waals surface area contributed by atoms with Crippen LogP contribution in [-0.4, -0.2) is 16.2 Å². The summed E-state index contributed by atoms with van der Waals surface area (Å²) in [7, 11) is 0. The highest BCUT2D eigenvalue weighted by molar-refractivity contribution is 5.76. The fourth-order valence-corrected chi connectivity index (χ4v) is 3.28. The van der Waals surface area contributed by atoms with Gasteiger partial charge in [-0.3, -0.25) is 4.99 Å². The van der Waals surface area contributed by atoms with E-state index >= 15 is 0 Å². The molecule has 0 bridgehead atoms. The third kappa shape index (κ3) is 3.26. The zero-order valence-corrected chi connectivity index (χ0v) is 14.9. The highest BCUT2D eigenvalue weighted by atomic mass is 19.1. The maximum absolute atomic E-state index is 14.1. The monoisotopic (exact) mass is 369 g/mol. The van der Waals surface area contributed by atoms with Crippen LogP contribution >= 0.6 is 0 Å². The van der Waals surface area contributed by atoms with E-state index in [1.807, 2.05) is 48.6 Å². The summed E-state index contributed by atoms with van der Waals surface area (Å²) in [6.45, 7) is 0. The molecule has 6 heteroatoms. The minimum absolute atomic E-state index is 0.0186. The van der Waals surface area contributed by atoms with E-state index < -0.39 is 11.4 Å². The normalized spacial score (nSPS) is 17.6. The van der Waals surface area contributed by atoms with Crippen LogP contribution in [0.1, 0.15) is 16.8 Å². The standard InChI is InChI=1S/C22H16FN5/c23-18-11-16(7-8-17(18)14-24)19-12-20(28-21(25)27-19)22(9-4-10-26-22)13-15-5-2-1-3-6-15/h1-12H,13H2,(H2,25,27,28). The van der Waals surface area contributed by atoms with Gasteiger partial charge in [-0.25, -0.2) is 14.4 Å². The highest BCUT2D eigenvalue weighted by Crippen LogP contribution is 2.35. The number of nitrogens with zero attached hydrogens (tertiary/aromatic N) is 4. The number of nitrogens with two attached hydrogens (primary N) is 1. The van der Waals surface area contributed by atoms with Gasteiger partial charge in [0.05, 0.1) is 17.0 Å². The SMILES string of the molecule is N#Cc1ccc(-c2cc(C3(Cc4ccccc4)C=CC=N3)nc(N)n2)cc1F. The zero-order chi connectivity index (χ0) is 19.6. The Hall–Kier alpha value is -3.85. The van der Waals surface area contributed by atoms with Crippen molar-refractivity contribution >= 4 is 12.2 Å². The number of hydrogen-bond acceptors (Lipinski definition) is 5. The lowest BCUT2D eigenvalue weighted by Gasteiger charge is -2.24. The van der Waals surface area contributed by atoms with E-state index in [0.717, 1.165) is 5.56 Å². The summed E-state index contributed by atoms with van der Waals surface area (Å²) >= 11 is 0. The van der Waals surface area contributed by atoms with Crippen molar-refractivity contribution in [3.8, 4) is 17.3 Å². The lowest BCUT2D eigenvalue weighted by Crippen LogP contribution is -2.25. The lowest BCUT2D eigenvalue weighted by atomic mass is 9.87. The van der Waals surface area contributed by atoms with E-state index in [-0.39, 0.29) is 11.5 Å². The quantitative estimate of drug-likeness (QED) is 0.757. The van der Waals surface area contributed by atoms with E-state index in [1.165, 1.54) is 12.1 Å². The first-order chi connectivity index (χ1) is 13.6. The summed E-state index contributed by atoms with van der Waals surface area (Å²) in [5.41, 5.74) is 7.99. The average Bonchev–Trinajstić information content (AvgIpc) is 3.18. The number of aromatic nitrogens is 2. The molecule has 5 nitrogen and oxygen atoms in total. The lowest BCUT2D eigenvalue weighted by molar-refractivity contribution is 0.553. The predicted molar refractivity (Wildman–Crippen MR) is 106 cm³/mol. The van der Waals surface area contributed by atoms with Gasteiger partial charge in [0.1, 0.15) is 17.4 Å². The van der Waals surface area contributed by atoms with Crippen LogP contribution in [0, 0.1) is 17.1 Å². The van der Waals surface area contributed by atoms with Crippen molar-refractivity contribution in [1.82, 2.24) is 9.97 Å². The molecule has 4 rings (SSSR count). The fraction of sp³-hybridized carbons (Fsp3) is 0.0909. The molecule has 0 radical (unpaired) electrons. The molecule has 0 spiro atoms. The number of allylic oxidation sites excluding steroid dienone is 1. The maximum Gasteiger partial charge on any atom is 0.220 e.